The van der Waals surface area contributed by atoms with Crippen molar-refractivity contribution in [3.8, 4) is 5.75 Å². The SMILES string of the molecule is Cc1ccc(O)c(NC(=O)[C@@H]2CCCNC2)c1. The van der Waals surface area contributed by atoms with Gasteiger partial charge in [-0.3, -0.25) is 4.79 Å². The summed E-state index contributed by atoms with van der Waals surface area (Å²) in [6.07, 6.45) is 1.93. The van der Waals surface area contributed by atoms with E-state index in [0.29, 0.717) is 5.69 Å². The quantitative estimate of drug-likeness (QED) is 0.682. The molecule has 3 N–H and O–H groups in total. The van der Waals surface area contributed by atoms with Crippen LogP contribution in [0.2, 0.25) is 0 Å². The number of hydrogen-bond acceptors (Lipinski definition) is 3. The van der Waals surface area contributed by atoms with Gasteiger partial charge in [-0.15, -0.1) is 0 Å². The predicted octanol–water partition coefficient (Wildman–Crippen LogP) is 1.64. The molecule has 1 heterocycles. The molecule has 1 atom stereocenters. The minimum absolute atomic E-state index is 0.00339. The van der Waals surface area contributed by atoms with Gasteiger partial charge in [-0.2, -0.15) is 0 Å². The first kappa shape index (κ1) is 11.9. The van der Waals surface area contributed by atoms with Gasteiger partial charge in [-0.1, -0.05) is 6.07 Å². The normalized spacial score (nSPS) is 19.9. The fourth-order valence-corrected chi connectivity index (χ4v) is 2.06. The van der Waals surface area contributed by atoms with E-state index in [0.717, 1.165) is 31.5 Å². The Bertz CT molecular complexity index is 412. The Morgan fingerprint density at radius 2 is 2.35 bits per heavy atom. The number of rotatable bonds is 2. The Hall–Kier alpha value is -1.55. The molecule has 0 aliphatic carbocycles. The van der Waals surface area contributed by atoms with Crippen molar-refractivity contribution in [2.24, 2.45) is 5.92 Å². The molecule has 4 heteroatoms. The zero-order valence-electron chi connectivity index (χ0n) is 9.99. The van der Waals surface area contributed by atoms with Crippen molar-refractivity contribution in [1.29, 1.82) is 0 Å². The third-order valence-electron chi connectivity index (χ3n) is 3.08. The van der Waals surface area contributed by atoms with Crippen LogP contribution in [0.15, 0.2) is 18.2 Å². The third-order valence-corrected chi connectivity index (χ3v) is 3.08. The summed E-state index contributed by atoms with van der Waals surface area (Å²) in [6.45, 7) is 3.63. The highest BCUT2D eigenvalue weighted by Crippen LogP contribution is 2.25. The summed E-state index contributed by atoms with van der Waals surface area (Å²) < 4.78 is 0. The highest BCUT2D eigenvalue weighted by molar-refractivity contribution is 5.94. The number of amides is 1. The summed E-state index contributed by atoms with van der Waals surface area (Å²) in [5, 5.41) is 15.6. The lowest BCUT2D eigenvalue weighted by Crippen LogP contribution is -2.37. The minimum atomic E-state index is -0.0156. The van der Waals surface area contributed by atoms with Crippen molar-refractivity contribution in [3.63, 3.8) is 0 Å². The lowest BCUT2D eigenvalue weighted by molar-refractivity contribution is -0.120. The maximum absolute atomic E-state index is 12.0. The molecule has 0 unspecified atom stereocenters. The summed E-state index contributed by atoms with van der Waals surface area (Å²) >= 11 is 0. The summed E-state index contributed by atoms with van der Waals surface area (Å²) in [7, 11) is 0. The van der Waals surface area contributed by atoms with Gasteiger partial charge in [0.15, 0.2) is 0 Å². The van der Waals surface area contributed by atoms with Gasteiger partial charge in [-0.25, -0.2) is 0 Å². The van der Waals surface area contributed by atoms with E-state index in [1.807, 2.05) is 13.0 Å². The Morgan fingerprint density at radius 1 is 1.53 bits per heavy atom. The average molecular weight is 234 g/mol. The van der Waals surface area contributed by atoms with Gasteiger partial charge in [-0.05, 0) is 44.0 Å². The van der Waals surface area contributed by atoms with Crippen LogP contribution < -0.4 is 10.6 Å². The first-order valence-electron chi connectivity index (χ1n) is 5.98. The lowest BCUT2D eigenvalue weighted by Gasteiger charge is -2.22. The summed E-state index contributed by atoms with van der Waals surface area (Å²) in [6, 6.07) is 5.20. The number of carbonyl (C=O) groups is 1. The molecule has 2 rings (SSSR count). The summed E-state index contributed by atoms with van der Waals surface area (Å²) in [4.78, 5) is 12.0. The zero-order chi connectivity index (χ0) is 12.3. The molecule has 0 saturated carbocycles. The Balaban J connectivity index is 2.04. The van der Waals surface area contributed by atoms with E-state index in [9.17, 15) is 9.90 Å². The Labute approximate surface area is 101 Å². The van der Waals surface area contributed by atoms with Gasteiger partial charge in [0, 0.05) is 6.54 Å². The molecule has 1 aliphatic rings. The molecule has 1 aliphatic heterocycles. The molecular weight excluding hydrogens is 216 g/mol. The summed E-state index contributed by atoms with van der Waals surface area (Å²) in [5.41, 5.74) is 1.51. The van der Waals surface area contributed by atoms with Crippen LogP contribution in [0.25, 0.3) is 0 Å². The first-order valence-corrected chi connectivity index (χ1v) is 5.98. The third kappa shape index (κ3) is 2.97. The lowest BCUT2D eigenvalue weighted by atomic mass is 9.98. The fourth-order valence-electron chi connectivity index (χ4n) is 2.06. The first-order chi connectivity index (χ1) is 8.16. The van der Waals surface area contributed by atoms with Gasteiger partial charge in [0.2, 0.25) is 5.91 Å². The van der Waals surface area contributed by atoms with Gasteiger partial charge < -0.3 is 15.7 Å². The van der Waals surface area contributed by atoms with Crippen LogP contribution in [0.1, 0.15) is 18.4 Å². The number of anilines is 1. The molecule has 0 aromatic heterocycles. The molecule has 92 valence electrons. The molecule has 0 radical (unpaired) electrons. The second kappa shape index (κ2) is 5.19. The molecule has 1 amide bonds. The Kier molecular flexibility index (Phi) is 3.64. The van der Waals surface area contributed by atoms with Crippen LogP contribution in [0.4, 0.5) is 5.69 Å². The molecule has 17 heavy (non-hydrogen) atoms. The van der Waals surface area contributed by atoms with Crippen LogP contribution in [-0.4, -0.2) is 24.1 Å². The highest BCUT2D eigenvalue weighted by atomic mass is 16.3. The molecule has 0 spiro atoms. The summed E-state index contributed by atoms with van der Waals surface area (Å²) in [5.74, 6) is 0.106. The second-order valence-corrected chi connectivity index (χ2v) is 4.55. The maximum Gasteiger partial charge on any atom is 0.228 e. The minimum Gasteiger partial charge on any atom is -0.506 e. The van der Waals surface area contributed by atoms with Crippen LogP contribution in [0, 0.1) is 12.8 Å². The van der Waals surface area contributed by atoms with Crippen LogP contribution in [-0.2, 0) is 4.79 Å². The van der Waals surface area contributed by atoms with Crippen molar-refractivity contribution >= 4 is 11.6 Å². The van der Waals surface area contributed by atoms with E-state index in [4.69, 9.17) is 0 Å². The van der Waals surface area contributed by atoms with Crippen molar-refractivity contribution < 1.29 is 9.90 Å². The van der Waals surface area contributed by atoms with E-state index in [1.54, 1.807) is 12.1 Å². The van der Waals surface area contributed by atoms with Crippen molar-refractivity contribution in [2.75, 3.05) is 18.4 Å². The van der Waals surface area contributed by atoms with E-state index in [1.165, 1.54) is 0 Å². The maximum atomic E-state index is 12.0. The number of benzene rings is 1. The number of hydrogen-bond donors (Lipinski definition) is 3. The number of aromatic hydroxyl groups is 1. The monoisotopic (exact) mass is 234 g/mol. The van der Waals surface area contributed by atoms with Crippen LogP contribution >= 0.6 is 0 Å². The number of aryl methyl sites for hydroxylation is 1. The number of phenols is 1. The average Bonchev–Trinajstić information content (AvgIpc) is 2.35. The molecule has 4 nitrogen and oxygen atoms in total. The zero-order valence-corrected chi connectivity index (χ0v) is 9.99. The predicted molar refractivity (Wildman–Crippen MR) is 67.1 cm³/mol. The van der Waals surface area contributed by atoms with Crippen molar-refractivity contribution in [3.05, 3.63) is 23.8 Å². The number of carbonyl (C=O) groups excluding carboxylic acids is 1. The van der Waals surface area contributed by atoms with Crippen LogP contribution in [0.3, 0.4) is 0 Å². The van der Waals surface area contributed by atoms with Gasteiger partial charge in [0.1, 0.15) is 5.75 Å². The smallest absolute Gasteiger partial charge is 0.228 e. The van der Waals surface area contributed by atoms with Crippen molar-refractivity contribution in [2.45, 2.75) is 19.8 Å². The molecule has 1 aromatic rings. The van der Waals surface area contributed by atoms with E-state index in [2.05, 4.69) is 10.6 Å². The largest absolute Gasteiger partial charge is 0.506 e. The molecular formula is C13H18N2O2. The molecule has 1 saturated heterocycles. The molecule has 1 aromatic carbocycles. The number of phenolic OH excluding ortho intramolecular Hbond substituents is 1. The van der Waals surface area contributed by atoms with Crippen molar-refractivity contribution in [1.82, 2.24) is 5.32 Å². The number of nitrogens with one attached hydrogen (secondary N) is 2. The topological polar surface area (TPSA) is 61.4 Å². The van der Waals surface area contributed by atoms with E-state index >= 15 is 0 Å². The highest BCUT2D eigenvalue weighted by Gasteiger charge is 2.21. The van der Waals surface area contributed by atoms with Gasteiger partial charge in [0.05, 0.1) is 11.6 Å². The standard InChI is InChI=1S/C13H18N2O2/c1-9-4-5-12(16)11(7-9)15-13(17)10-3-2-6-14-8-10/h4-5,7,10,14,16H,2-3,6,8H2,1H3,(H,15,17)/t10-/m1/s1. The van der Waals surface area contributed by atoms with Gasteiger partial charge in [0.25, 0.3) is 0 Å². The fraction of sp³-hybridized carbons (Fsp3) is 0.462. The molecule has 0 bridgehead atoms. The second-order valence-electron chi connectivity index (χ2n) is 4.55. The van der Waals surface area contributed by atoms with Gasteiger partial charge >= 0.3 is 0 Å². The number of piperidine rings is 1. The van der Waals surface area contributed by atoms with E-state index in [-0.39, 0.29) is 17.6 Å². The molecule has 1 fully saturated rings. The van der Waals surface area contributed by atoms with Crippen LogP contribution in [0.5, 0.6) is 5.75 Å². The van der Waals surface area contributed by atoms with E-state index < -0.39 is 0 Å². The Morgan fingerprint density at radius 3 is 3.06 bits per heavy atom.